The van der Waals surface area contributed by atoms with Crippen LogP contribution < -0.4 is 16.5 Å². The monoisotopic (exact) mass is 369 g/mol. The van der Waals surface area contributed by atoms with Gasteiger partial charge in [0.15, 0.2) is 11.2 Å². The van der Waals surface area contributed by atoms with Crippen molar-refractivity contribution in [3.05, 3.63) is 52.6 Å². The van der Waals surface area contributed by atoms with Gasteiger partial charge in [-0.1, -0.05) is 6.92 Å². The van der Waals surface area contributed by atoms with Crippen molar-refractivity contribution in [1.29, 1.82) is 0 Å². The van der Waals surface area contributed by atoms with Gasteiger partial charge in [-0.2, -0.15) is 0 Å². The van der Waals surface area contributed by atoms with Crippen LogP contribution in [0.5, 0.6) is 0 Å². The molecule has 0 atom stereocenters. The van der Waals surface area contributed by atoms with Crippen LogP contribution in [-0.4, -0.2) is 20.7 Å². The highest BCUT2D eigenvalue weighted by Gasteiger charge is 2.28. The van der Waals surface area contributed by atoms with Crippen molar-refractivity contribution in [1.82, 2.24) is 14.1 Å². The summed E-state index contributed by atoms with van der Waals surface area (Å²) in [5.74, 6) is -0.372. The van der Waals surface area contributed by atoms with Gasteiger partial charge in [0, 0.05) is 49.4 Å². The highest BCUT2D eigenvalue weighted by atomic mass is 19.1. The lowest BCUT2D eigenvalue weighted by Gasteiger charge is -2.20. The van der Waals surface area contributed by atoms with E-state index in [0.717, 1.165) is 25.8 Å². The SMILES string of the molecule is CCc1c(NCCCn2ccnc2)c(F)c2c(c1N)c(=O)ccn2C1CC1. The summed E-state index contributed by atoms with van der Waals surface area (Å²) >= 11 is 0. The average molecular weight is 369 g/mol. The van der Waals surface area contributed by atoms with E-state index in [9.17, 15) is 4.79 Å². The second-order valence-electron chi connectivity index (χ2n) is 7.06. The lowest BCUT2D eigenvalue weighted by Crippen LogP contribution is -2.16. The summed E-state index contributed by atoms with van der Waals surface area (Å²) in [6.45, 7) is 3.33. The number of hydrogen-bond acceptors (Lipinski definition) is 4. The first-order valence-electron chi connectivity index (χ1n) is 9.46. The largest absolute Gasteiger partial charge is 0.398 e. The molecule has 7 heteroatoms. The topological polar surface area (TPSA) is 77.9 Å². The Bertz CT molecular complexity index is 1020. The van der Waals surface area contributed by atoms with Gasteiger partial charge in [-0.25, -0.2) is 9.37 Å². The molecule has 1 aliphatic rings. The summed E-state index contributed by atoms with van der Waals surface area (Å²) in [5.41, 5.74) is 7.94. The highest BCUT2D eigenvalue weighted by molar-refractivity contribution is 5.97. The van der Waals surface area contributed by atoms with Crippen LogP contribution in [0.15, 0.2) is 35.8 Å². The summed E-state index contributed by atoms with van der Waals surface area (Å²) in [6, 6.07) is 1.75. The van der Waals surface area contributed by atoms with E-state index in [-0.39, 0.29) is 17.3 Å². The number of aryl methyl sites for hydroxylation is 1. The number of anilines is 2. The minimum atomic E-state index is -0.372. The molecule has 3 aromatic rings. The first-order valence-corrected chi connectivity index (χ1v) is 9.46. The van der Waals surface area contributed by atoms with Crippen LogP contribution in [0, 0.1) is 5.82 Å². The Morgan fingerprint density at radius 1 is 1.37 bits per heavy atom. The van der Waals surface area contributed by atoms with Crippen LogP contribution in [0.4, 0.5) is 15.8 Å². The summed E-state index contributed by atoms with van der Waals surface area (Å²) < 4.78 is 19.4. The fourth-order valence-corrected chi connectivity index (χ4v) is 3.67. The Kier molecular flexibility index (Phi) is 4.59. The molecule has 0 spiro atoms. The number of rotatable bonds is 7. The quantitative estimate of drug-likeness (QED) is 0.495. The third-order valence-corrected chi connectivity index (χ3v) is 5.20. The number of halogens is 1. The predicted molar refractivity (Wildman–Crippen MR) is 106 cm³/mol. The van der Waals surface area contributed by atoms with Crippen molar-refractivity contribution in [2.45, 2.75) is 45.2 Å². The van der Waals surface area contributed by atoms with Crippen LogP contribution in [0.25, 0.3) is 10.9 Å². The van der Waals surface area contributed by atoms with Gasteiger partial charge in [-0.15, -0.1) is 0 Å². The predicted octanol–water partition coefficient (Wildman–Crippen LogP) is 3.32. The van der Waals surface area contributed by atoms with Gasteiger partial charge in [-0.3, -0.25) is 4.79 Å². The molecule has 0 bridgehead atoms. The van der Waals surface area contributed by atoms with Crippen molar-refractivity contribution in [3.63, 3.8) is 0 Å². The Hall–Kier alpha value is -2.83. The lowest BCUT2D eigenvalue weighted by molar-refractivity contribution is 0.619. The summed E-state index contributed by atoms with van der Waals surface area (Å²) in [5, 5.41) is 3.54. The van der Waals surface area contributed by atoms with Gasteiger partial charge in [0.05, 0.1) is 28.6 Å². The molecule has 2 heterocycles. The fourth-order valence-electron chi connectivity index (χ4n) is 3.67. The molecule has 1 fully saturated rings. The molecule has 1 aliphatic carbocycles. The van der Waals surface area contributed by atoms with Crippen LogP contribution in [0.1, 0.15) is 37.8 Å². The number of nitrogens with one attached hydrogen (secondary N) is 1. The smallest absolute Gasteiger partial charge is 0.191 e. The lowest BCUT2D eigenvalue weighted by atomic mass is 10.0. The molecular weight excluding hydrogens is 345 g/mol. The summed E-state index contributed by atoms with van der Waals surface area (Å²) in [6.07, 6.45) is 10.5. The molecule has 0 radical (unpaired) electrons. The average Bonchev–Trinajstić information content (AvgIpc) is 3.37. The highest BCUT2D eigenvalue weighted by Crippen LogP contribution is 2.40. The van der Waals surface area contributed by atoms with E-state index in [0.29, 0.717) is 40.8 Å². The van der Waals surface area contributed by atoms with Crippen LogP contribution in [0.2, 0.25) is 0 Å². The van der Waals surface area contributed by atoms with Crippen molar-refractivity contribution in [2.75, 3.05) is 17.6 Å². The number of benzene rings is 1. The molecule has 4 rings (SSSR count). The number of hydrogen-bond donors (Lipinski definition) is 2. The minimum absolute atomic E-state index is 0.223. The zero-order valence-electron chi connectivity index (χ0n) is 15.4. The summed E-state index contributed by atoms with van der Waals surface area (Å²) in [7, 11) is 0. The van der Waals surface area contributed by atoms with E-state index >= 15 is 4.39 Å². The maximum atomic E-state index is 15.5. The minimum Gasteiger partial charge on any atom is -0.398 e. The molecule has 142 valence electrons. The maximum absolute atomic E-state index is 15.5. The van der Waals surface area contributed by atoms with E-state index in [4.69, 9.17) is 5.73 Å². The normalized spacial score (nSPS) is 14.0. The fraction of sp³-hybridized carbons (Fsp3) is 0.400. The number of fused-ring (bicyclic) bond motifs is 1. The maximum Gasteiger partial charge on any atom is 0.191 e. The molecule has 0 aliphatic heterocycles. The molecule has 0 unspecified atom stereocenters. The van der Waals surface area contributed by atoms with Gasteiger partial charge in [-0.05, 0) is 25.7 Å². The molecule has 0 amide bonds. The van der Waals surface area contributed by atoms with E-state index in [2.05, 4.69) is 10.3 Å². The molecule has 3 N–H and O–H groups in total. The first kappa shape index (κ1) is 17.6. The van der Waals surface area contributed by atoms with Crippen molar-refractivity contribution in [3.8, 4) is 0 Å². The van der Waals surface area contributed by atoms with Gasteiger partial charge < -0.3 is 20.2 Å². The van der Waals surface area contributed by atoms with Gasteiger partial charge in [0.25, 0.3) is 0 Å². The number of nitrogens with zero attached hydrogens (tertiary/aromatic N) is 3. The van der Waals surface area contributed by atoms with Crippen molar-refractivity contribution >= 4 is 22.3 Å². The van der Waals surface area contributed by atoms with Crippen molar-refractivity contribution < 1.29 is 4.39 Å². The number of nitrogen functional groups attached to an aromatic ring is 1. The molecule has 6 nitrogen and oxygen atoms in total. The number of nitrogens with two attached hydrogens (primary N) is 1. The Morgan fingerprint density at radius 3 is 2.85 bits per heavy atom. The Labute approximate surface area is 156 Å². The van der Waals surface area contributed by atoms with E-state index < -0.39 is 0 Å². The van der Waals surface area contributed by atoms with Crippen LogP contribution in [0.3, 0.4) is 0 Å². The van der Waals surface area contributed by atoms with Crippen molar-refractivity contribution in [2.24, 2.45) is 0 Å². The molecule has 27 heavy (non-hydrogen) atoms. The number of aromatic nitrogens is 3. The van der Waals surface area contributed by atoms with E-state index in [1.807, 2.05) is 22.3 Å². The molecule has 0 saturated heterocycles. The van der Waals surface area contributed by atoms with Gasteiger partial charge in [0.2, 0.25) is 0 Å². The Balaban J connectivity index is 1.71. The first-order chi connectivity index (χ1) is 13.1. The number of imidazole rings is 1. The van der Waals surface area contributed by atoms with E-state index in [1.165, 1.54) is 6.07 Å². The standard InChI is InChI=1S/C20H24FN5O/c1-2-14-18(22)16-15(27)6-10-26(13-4-5-13)20(16)17(21)19(14)24-7-3-9-25-11-8-23-12-25/h6,8,10-13,24H,2-5,7,9,22H2,1H3. The van der Waals surface area contributed by atoms with Crippen LogP contribution >= 0.6 is 0 Å². The summed E-state index contributed by atoms with van der Waals surface area (Å²) in [4.78, 5) is 16.4. The third-order valence-electron chi connectivity index (χ3n) is 5.20. The number of pyridine rings is 1. The third kappa shape index (κ3) is 3.18. The molecule has 1 saturated carbocycles. The zero-order chi connectivity index (χ0) is 19.0. The zero-order valence-corrected chi connectivity index (χ0v) is 15.4. The second-order valence-corrected chi connectivity index (χ2v) is 7.06. The molecule has 2 aromatic heterocycles. The van der Waals surface area contributed by atoms with Gasteiger partial charge >= 0.3 is 0 Å². The molecular formula is C20H24FN5O. The van der Waals surface area contributed by atoms with Crippen LogP contribution in [-0.2, 0) is 13.0 Å². The Morgan fingerprint density at radius 2 is 2.19 bits per heavy atom. The van der Waals surface area contributed by atoms with Gasteiger partial charge in [0.1, 0.15) is 0 Å². The second kappa shape index (κ2) is 7.06. The van der Waals surface area contributed by atoms with E-state index in [1.54, 1.807) is 18.7 Å². The molecule has 1 aromatic carbocycles.